The zero-order valence-corrected chi connectivity index (χ0v) is 22.1. The molecular formula is C31H26ClF3N4O. The summed E-state index contributed by atoms with van der Waals surface area (Å²) in [5, 5.41) is 6.78. The van der Waals surface area contributed by atoms with E-state index in [-0.39, 0.29) is 19.0 Å². The fourth-order valence-corrected chi connectivity index (χ4v) is 4.81. The van der Waals surface area contributed by atoms with Crippen molar-refractivity contribution in [2.75, 3.05) is 22.9 Å². The zero-order chi connectivity index (χ0) is 28.3. The van der Waals surface area contributed by atoms with Gasteiger partial charge in [-0.2, -0.15) is 13.2 Å². The number of hydrogen-bond acceptors (Lipinski definition) is 4. The van der Waals surface area contributed by atoms with Gasteiger partial charge in [-0.1, -0.05) is 66.2 Å². The first-order valence-electron chi connectivity index (χ1n) is 12.5. The molecular weight excluding hydrogens is 537 g/mol. The Morgan fingerprint density at radius 3 is 2.12 bits per heavy atom. The highest BCUT2D eigenvalue weighted by molar-refractivity contribution is 6.37. The summed E-state index contributed by atoms with van der Waals surface area (Å²) in [5.74, 6) is -0.256. The molecule has 40 heavy (non-hydrogen) atoms. The van der Waals surface area contributed by atoms with Crippen molar-refractivity contribution in [3.8, 4) is 0 Å². The van der Waals surface area contributed by atoms with Gasteiger partial charge in [0.2, 0.25) is 0 Å². The van der Waals surface area contributed by atoms with Gasteiger partial charge in [-0.15, -0.1) is 0 Å². The molecule has 0 bridgehead atoms. The number of carbonyl (C=O) groups excluding carboxylic acids is 1. The van der Waals surface area contributed by atoms with E-state index in [2.05, 4.69) is 10.6 Å². The number of benzene rings is 4. The number of hydrogen-bond donors (Lipinski definition) is 3. The molecule has 0 fully saturated rings. The van der Waals surface area contributed by atoms with Crippen molar-refractivity contribution in [3.05, 3.63) is 124 Å². The van der Waals surface area contributed by atoms with Gasteiger partial charge in [-0.05, 0) is 59.2 Å². The Bertz CT molecular complexity index is 1540. The van der Waals surface area contributed by atoms with Crippen molar-refractivity contribution >= 4 is 45.8 Å². The topological polar surface area (TPSA) is 70.4 Å². The number of carbonyl (C=O) groups is 1. The monoisotopic (exact) mass is 562 g/mol. The van der Waals surface area contributed by atoms with Crippen LogP contribution in [0.15, 0.2) is 97.1 Å². The van der Waals surface area contributed by atoms with Crippen LogP contribution in [0.2, 0.25) is 5.02 Å². The van der Waals surface area contributed by atoms with Crippen LogP contribution < -0.4 is 16.4 Å². The molecule has 5 nitrogen and oxygen atoms in total. The molecule has 204 valence electrons. The lowest BCUT2D eigenvalue weighted by Crippen LogP contribution is -2.33. The number of nitrogen functional groups attached to an aromatic ring is 1. The Balaban J connectivity index is 1.41. The number of amides is 1. The van der Waals surface area contributed by atoms with E-state index in [0.717, 1.165) is 16.7 Å². The van der Waals surface area contributed by atoms with Gasteiger partial charge >= 0.3 is 6.18 Å². The molecule has 0 saturated carbocycles. The maximum Gasteiger partial charge on any atom is 0.401 e. The number of nitrogens with two attached hydrogens (primary N) is 1. The van der Waals surface area contributed by atoms with Crippen LogP contribution >= 0.6 is 11.6 Å². The lowest BCUT2D eigenvalue weighted by Gasteiger charge is -2.24. The number of fused-ring (bicyclic) bond motifs is 1. The average Bonchev–Trinajstić information content (AvgIpc) is 3.23. The van der Waals surface area contributed by atoms with Crippen LogP contribution in [0, 0.1) is 0 Å². The van der Waals surface area contributed by atoms with Crippen LogP contribution in [-0.4, -0.2) is 23.5 Å². The molecule has 0 aromatic heterocycles. The van der Waals surface area contributed by atoms with E-state index in [9.17, 15) is 18.0 Å². The third-order valence-electron chi connectivity index (χ3n) is 6.45. The number of alkyl halides is 3. The highest BCUT2D eigenvalue weighted by Gasteiger charge is 2.31. The molecule has 0 radical (unpaired) electrons. The lowest BCUT2D eigenvalue weighted by molar-refractivity contribution is -0.148. The number of rotatable bonds is 8. The minimum atomic E-state index is -4.34. The highest BCUT2D eigenvalue weighted by Crippen LogP contribution is 2.38. The lowest BCUT2D eigenvalue weighted by atomic mass is 9.99. The molecule has 0 unspecified atom stereocenters. The van der Waals surface area contributed by atoms with Crippen LogP contribution in [0.25, 0.3) is 11.3 Å². The van der Waals surface area contributed by atoms with E-state index in [1.165, 1.54) is 4.90 Å². The average molecular weight is 563 g/mol. The number of halogens is 4. The van der Waals surface area contributed by atoms with Crippen molar-refractivity contribution in [2.24, 2.45) is 0 Å². The minimum absolute atomic E-state index is 0.101. The van der Waals surface area contributed by atoms with Gasteiger partial charge in [0.05, 0.1) is 17.8 Å². The van der Waals surface area contributed by atoms with E-state index in [0.29, 0.717) is 38.9 Å². The van der Waals surface area contributed by atoms with Crippen LogP contribution in [0.5, 0.6) is 0 Å². The second kappa shape index (κ2) is 11.5. The standard InChI is InChI=1S/C31H26ClF3N4O/c32-23-10-6-20(7-11-23)17-39(19-31(33,34)35)18-21-8-13-25(14-9-21)37-29(22-4-2-1-3-5-22)28-26-16-24(36)12-15-27(26)38-30(28)40/h1-16,37H,17-19,36H2,(H,38,40)/b29-28-. The molecule has 1 aliphatic heterocycles. The summed E-state index contributed by atoms with van der Waals surface area (Å²) in [4.78, 5) is 14.4. The van der Waals surface area contributed by atoms with Crippen molar-refractivity contribution in [2.45, 2.75) is 19.3 Å². The van der Waals surface area contributed by atoms with E-state index in [4.69, 9.17) is 17.3 Å². The maximum absolute atomic E-state index is 13.3. The molecule has 0 atom stereocenters. The zero-order valence-electron chi connectivity index (χ0n) is 21.3. The predicted molar refractivity (Wildman–Crippen MR) is 154 cm³/mol. The summed E-state index contributed by atoms with van der Waals surface area (Å²) in [7, 11) is 0. The molecule has 0 saturated heterocycles. The number of nitrogens with one attached hydrogen (secondary N) is 2. The largest absolute Gasteiger partial charge is 0.401 e. The second-order valence-electron chi connectivity index (χ2n) is 9.58. The van der Waals surface area contributed by atoms with Crippen LogP contribution in [-0.2, 0) is 17.9 Å². The van der Waals surface area contributed by atoms with Crippen LogP contribution in [0.4, 0.5) is 30.2 Å². The molecule has 1 aliphatic rings. The Labute approximate surface area is 235 Å². The molecule has 1 amide bonds. The van der Waals surface area contributed by atoms with Gasteiger partial charge in [-0.25, -0.2) is 0 Å². The fourth-order valence-electron chi connectivity index (χ4n) is 4.68. The first-order chi connectivity index (χ1) is 19.1. The van der Waals surface area contributed by atoms with Gasteiger partial charge in [-0.3, -0.25) is 9.69 Å². The normalized spacial score (nSPS) is 14.2. The molecule has 0 spiro atoms. The van der Waals surface area contributed by atoms with Crippen molar-refractivity contribution < 1.29 is 18.0 Å². The quantitative estimate of drug-likeness (QED) is 0.154. The van der Waals surface area contributed by atoms with Crippen LogP contribution in [0.1, 0.15) is 22.3 Å². The number of anilines is 3. The van der Waals surface area contributed by atoms with Crippen molar-refractivity contribution in [3.63, 3.8) is 0 Å². The van der Waals surface area contributed by atoms with E-state index in [1.54, 1.807) is 66.7 Å². The van der Waals surface area contributed by atoms with Gasteiger partial charge in [0.25, 0.3) is 5.91 Å². The summed E-state index contributed by atoms with van der Waals surface area (Å²) in [6.07, 6.45) is -4.34. The third kappa shape index (κ3) is 6.65. The Hall–Kier alpha value is -4.27. The smallest absolute Gasteiger partial charge is 0.399 e. The second-order valence-corrected chi connectivity index (χ2v) is 10.0. The fraction of sp³-hybridized carbons (Fsp3) is 0.129. The van der Waals surface area contributed by atoms with Gasteiger partial charge < -0.3 is 16.4 Å². The minimum Gasteiger partial charge on any atom is -0.399 e. The molecule has 0 aliphatic carbocycles. The SMILES string of the molecule is Nc1ccc2c(c1)/C(=C(/Nc1ccc(CN(Cc3ccc(Cl)cc3)CC(F)(F)F)cc1)c1ccccc1)C(=O)N2. The Kier molecular flexibility index (Phi) is 7.82. The summed E-state index contributed by atoms with van der Waals surface area (Å²) < 4.78 is 40.0. The third-order valence-corrected chi connectivity index (χ3v) is 6.70. The first-order valence-corrected chi connectivity index (χ1v) is 12.9. The molecule has 4 aromatic carbocycles. The summed E-state index contributed by atoms with van der Waals surface area (Å²) in [5.41, 5.74) is 11.9. The van der Waals surface area contributed by atoms with Crippen molar-refractivity contribution in [1.29, 1.82) is 0 Å². The summed E-state index contributed by atoms with van der Waals surface area (Å²) >= 11 is 5.93. The molecule has 1 heterocycles. The summed E-state index contributed by atoms with van der Waals surface area (Å²) in [6, 6.07) is 28.6. The molecule has 9 heteroatoms. The molecule has 5 rings (SSSR count). The highest BCUT2D eigenvalue weighted by atomic mass is 35.5. The van der Waals surface area contributed by atoms with Gasteiger partial charge in [0, 0.05) is 40.7 Å². The van der Waals surface area contributed by atoms with E-state index < -0.39 is 12.7 Å². The maximum atomic E-state index is 13.3. The van der Waals surface area contributed by atoms with E-state index >= 15 is 0 Å². The number of nitrogens with zero attached hydrogens (tertiary/aromatic N) is 1. The van der Waals surface area contributed by atoms with Gasteiger partial charge in [0.15, 0.2) is 0 Å². The molecule has 4 aromatic rings. The van der Waals surface area contributed by atoms with E-state index in [1.807, 2.05) is 30.3 Å². The van der Waals surface area contributed by atoms with Crippen molar-refractivity contribution in [1.82, 2.24) is 4.90 Å². The Morgan fingerprint density at radius 2 is 1.50 bits per heavy atom. The Morgan fingerprint density at radius 1 is 0.875 bits per heavy atom. The van der Waals surface area contributed by atoms with Gasteiger partial charge in [0.1, 0.15) is 0 Å². The van der Waals surface area contributed by atoms with Crippen LogP contribution in [0.3, 0.4) is 0 Å². The molecule has 4 N–H and O–H groups in total. The predicted octanol–water partition coefficient (Wildman–Crippen LogP) is 7.42. The summed E-state index contributed by atoms with van der Waals surface area (Å²) in [6.45, 7) is -0.819. The first kappa shape index (κ1) is 27.3.